The van der Waals surface area contributed by atoms with Crippen LogP contribution in [0.25, 0.3) is 0 Å². The second kappa shape index (κ2) is 3.29. The summed E-state index contributed by atoms with van der Waals surface area (Å²) in [5, 5.41) is 0. The number of alkyl halides is 1. The highest BCUT2D eigenvalue weighted by Crippen LogP contribution is 2.47. The van der Waals surface area contributed by atoms with Crippen molar-refractivity contribution in [3.05, 3.63) is 0 Å². The number of rotatable bonds is 3. The fourth-order valence-electron chi connectivity index (χ4n) is 1.75. The Labute approximate surface area is 85.2 Å². The van der Waals surface area contributed by atoms with Gasteiger partial charge in [0.25, 0.3) is 6.30 Å². The van der Waals surface area contributed by atoms with E-state index in [1.54, 1.807) is 0 Å². The fraction of sp³-hybridized carbons (Fsp3) is 0.667. The number of likely N-dealkylation sites (tertiary alicyclic amines) is 1. The largest absolute Gasteiger partial charge is 0.462 e. The summed E-state index contributed by atoms with van der Waals surface area (Å²) < 4.78 is 17.8. The van der Waals surface area contributed by atoms with Gasteiger partial charge in [-0.3, -0.25) is 9.59 Å². The van der Waals surface area contributed by atoms with Crippen molar-refractivity contribution in [2.24, 2.45) is 11.8 Å². The summed E-state index contributed by atoms with van der Waals surface area (Å²) in [5.74, 6) is -3.16. The predicted octanol–water partition coefficient (Wildman–Crippen LogP) is -0.150. The lowest BCUT2D eigenvalue weighted by molar-refractivity contribution is -0.166. The number of halogens is 1. The molecule has 0 aromatic rings. The first kappa shape index (κ1) is 10.1. The number of nitrogens with zero attached hydrogens (tertiary/aromatic N) is 1. The molecule has 3 unspecified atom stereocenters. The molecule has 0 radical (unpaired) electrons. The number of hydrogen-bond donors (Lipinski definition) is 0. The van der Waals surface area contributed by atoms with Crippen molar-refractivity contribution in [3.8, 4) is 0 Å². The van der Waals surface area contributed by atoms with E-state index in [-0.39, 0.29) is 6.61 Å². The summed E-state index contributed by atoms with van der Waals surface area (Å²) >= 11 is 0. The smallest absolute Gasteiger partial charge is 0.362 e. The van der Waals surface area contributed by atoms with E-state index in [9.17, 15) is 18.8 Å². The summed E-state index contributed by atoms with van der Waals surface area (Å²) in [5.41, 5.74) is 0. The zero-order valence-corrected chi connectivity index (χ0v) is 8.10. The van der Waals surface area contributed by atoms with E-state index in [1.807, 2.05) is 0 Å². The highest BCUT2D eigenvalue weighted by molar-refractivity contribution is 6.10. The second-order valence-corrected chi connectivity index (χ2v) is 3.58. The standard InChI is InChI=1S/C9H10FNO4/c1-2-15-9(14)6(10)11-7(12)4-3-5(4)8(11)13/h4-6H,2-3H2,1H3. The van der Waals surface area contributed by atoms with Crippen molar-refractivity contribution in [1.29, 1.82) is 0 Å². The first-order valence-corrected chi connectivity index (χ1v) is 4.75. The molecule has 1 aliphatic heterocycles. The number of piperidine rings is 1. The maximum atomic E-state index is 13.4. The molecule has 0 aromatic carbocycles. The van der Waals surface area contributed by atoms with Crippen molar-refractivity contribution in [3.63, 3.8) is 0 Å². The predicted molar refractivity (Wildman–Crippen MR) is 45.0 cm³/mol. The van der Waals surface area contributed by atoms with Crippen LogP contribution in [0.1, 0.15) is 13.3 Å². The van der Waals surface area contributed by atoms with Crippen LogP contribution in [0.2, 0.25) is 0 Å². The normalized spacial score (nSPS) is 30.1. The van der Waals surface area contributed by atoms with Gasteiger partial charge in [0.05, 0.1) is 18.4 Å². The van der Waals surface area contributed by atoms with Gasteiger partial charge in [-0.25, -0.2) is 14.1 Å². The lowest BCUT2D eigenvalue weighted by atomic mass is 10.4. The Morgan fingerprint density at radius 3 is 2.53 bits per heavy atom. The summed E-state index contributed by atoms with van der Waals surface area (Å²) in [6, 6.07) is 0. The first-order chi connectivity index (χ1) is 7.07. The molecule has 1 saturated heterocycles. The van der Waals surface area contributed by atoms with Gasteiger partial charge in [0.15, 0.2) is 0 Å². The Balaban J connectivity index is 2.07. The Kier molecular flexibility index (Phi) is 2.21. The second-order valence-electron chi connectivity index (χ2n) is 3.58. The van der Waals surface area contributed by atoms with Crippen LogP contribution in [0.5, 0.6) is 0 Å². The molecule has 2 rings (SSSR count). The van der Waals surface area contributed by atoms with Crippen LogP contribution >= 0.6 is 0 Å². The van der Waals surface area contributed by atoms with E-state index in [2.05, 4.69) is 4.74 Å². The van der Waals surface area contributed by atoms with E-state index in [0.29, 0.717) is 11.3 Å². The Hall–Kier alpha value is -1.46. The molecule has 1 heterocycles. The van der Waals surface area contributed by atoms with Crippen LogP contribution in [0.3, 0.4) is 0 Å². The SMILES string of the molecule is CCOC(=O)C(F)N1C(=O)C2CC2C1=O. The van der Waals surface area contributed by atoms with E-state index in [4.69, 9.17) is 0 Å². The van der Waals surface area contributed by atoms with Gasteiger partial charge in [0, 0.05) is 0 Å². The lowest BCUT2D eigenvalue weighted by Gasteiger charge is -2.19. The zero-order valence-electron chi connectivity index (χ0n) is 8.10. The number of carbonyl (C=O) groups excluding carboxylic acids is 3. The number of carbonyl (C=O) groups is 3. The molecule has 0 aromatic heterocycles. The molecule has 6 heteroatoms. The highest BCUT2D eigenvalue weighted by atomic mass is 19.1. The minimum absolute atomic E-state index is 0.0162. The number of hydrogen-bond acceptors (Lipinski definition) is 4. The molecule has 1 aliphatic carbocycles. The number of amides is 2. The van der Waals surface area contributed by atoms with Gasteiger partial charge in [-0.1, -0.05) is 0 Å². The van der Waals surface area contributed by atoms with Crippen LogP contribution < -0.4 is 0 Å². The summed E-state index contributed by atoms with van der Waals surface area (Å²) in [6.07, 6.45) is -1.79. The van der Waals surface area contributed by atoms with Gasteiger partial charge in [0.1, 0.15) is 0 Å². The number of imide groups is 1. The molecule has 2 fully saturated rings. The minimum Gasteiger partial charge on any atom is -0.462 e. The van der Waals surface area contributed by atoms with Crippen molar-refractivity contribution < 1.29 is 23.5 Å². The average Bonchev–Trinajstić information content (AvgIpc) is 2.92. The van der Waals surface area contributed by atoms with Gasteiger partial charge in [0.2, 0.25) is 11.8 Å². The van der Waals surface area contributed by atoms with Gasteiger partial charge >= 0.3 is 5.97 Å². The summed E-state index contributed by atoms with van der Waals surface area (Å²) in [7, 11) is 0. The van der Waals surface area contributed by atoms with Crippen LogP contribution in [0.4, 0.5) is 4.39 Å². The third kappa shape index (κ3) is 1.40. The molecule has 15 heavy (non-hydrogen) atoms. The van der Waals surface area contributed by atoms with Crippen LogP contribution in [0.15, 0.2) is 0 Å². The first-order valence-electron chi connectivity index (χ1n) is 4.75. The maximum Gasteiger partial charge on any atom is 0.362 e. The molecule has 1 saturated carbocycles. The molecule has 0 bridgehead atoms. The monoisotopic (exact) mass is 215 g/mol. The number of fused-ring (bicyclic) bond motifs is 1. The molecule has 3 atom stereocenters. The Bertz CT molecular complexity index is 323. The summed E-state index contributed by atoms with van der Waals surface area (Å²) in [6.45, 7) is 1.54. The van der Waals surface area contributed by atoms with Crippen molar-refractivity contribution in [2.45, 2.75) is 19.6 Å². The molecule has 0 spiro atoms. The topological polar surface area (TPSA) is 63.7 Å². The molecule has 82 valence electrons. The Morgan fingerprint density at radius 1 is 1.53 bits per heavy atom. The van der Waals surface area contributed by atoms with Gasteiger partial charge in [-0.2, -0.15) is 0 Å². The molecule has 2 aliphatic rings. The van der Waals surface area contributed by atoms with Crippen molar-refractivity contribution in [2.75, 3.05) is 6.61 Å². The molecule has 0 N–H and O–H groups in total. The van der Waals surface area contributed by atoms with E-state index in [0.717, 1.165) is 0 Å². The van der Waals surface area contributed by atoms with Gasteiger partial charge in [-0.15, -0.1) is 0 Å². The van der Waals surface area contributed by atoms with E-state index < -0.39 is 35.9 Å². The van der Waals surface area contributed by atoms with E-state index >= 15 is 0 Å². The van der Waals surface area contributed by atoms with Crippen molar-refractivity contribution in [1.82, 2.24) is 4.90 Å². The molecule has 2 amide bonds. The van der Waals surface area contributed by atoms with Crippen LogP contribution in [0, 0.1) is 11.8 Å². The number of ether oxygens (including phenoxy) is 1. The Morgan fingerprint density at radius 2 is 2.07 bits per heavy atom. The highest BCUT2D eigenvalue weighted by Gasteiger charge is 2.61. The fourth-order valence-corrected chi connectivity index (χ4v) is 1.75. The van der Waals surface area contributed by atoms with Crippen LogP contribution in [-0.2, 0) is 19.1 Å². The van der Waals surface area contributed by atoms with Crippen LogP contribution in [-0.4, -0.2) is 35.6 Å². The van der Waals surface area contributed by atoms with E-state index in [1.165, 1.54) is 6.92 Å². The molecule has 5 nitrogen and oxygen atoms in total. The zero-order chi connectivity index (χ0) is 11.2. The lowest BCUT2D eigenvalue weighted by Crippen LogP contribution is -2.44. The van der Waals surface area contributed by atoms with Crippen molar-refractivity contribution >= 4 is 17.8 Å². The third-order valence-electron chi connectivity index (χ3n) is 2.61. The third-order valence-corrected chi connectivity index (χ3v) is 2.61. The molecular formula is C9H10FNO4. The number of esters is 1. The average molecular weight is 215 g/mol. The summed E-state index contributed by atoms with van der Waals surface area (Å²) in [4.78, 5) is 34.1. The molecular weight excluding hydrogens is 205 g/mol. The quantitative estimate of drug-likeness (QED) is 0.373. The van der Waals surface area contributed by atoms with Gasteiger partial charge < -0.3 is 4.74 Å². The maximum absolute atomic E-state index is 13.4. The minimum atomic E-state index is -2.28. The van der Waals surface area contributed by atoms with Gasteiger partial charge in [-0.05, 0) is 13.3 Å².